The molecule has 0 bridgehead atoms. The molecule has 0 radical (unpaired) electrons. The molecule has 0 spiro atoms. The number of furan rings is 1. The third kappa shape index (κ3) is 3.77. The molecule has 2 aromatic rings. The molecule has 0 saturated carbocycles. The number of carbonyl (C=O) groups is 2. The first-order chi connectivity index (χ1) is 13.2. The lowest BCUT2D eigenvalue weighted by molar-refractivity contribution is 0.0700. The van der Waals surface area contributed by atoms with Gasteiger partial charge in [-0.25, -0.2) is 0 Å². The molecule has 27 heavy (non-hydrogen) atoms. The van der Waals surface area contributed by atoms with Crippen molar-refractivity contribution in [2.75, 3.05) is 39.4 Å². The normalized spacial score (nSPS) is 17.2. The van der Waals surface area contributed by atoms with Crippen molar-refractivity contribution < 1.29 is 23.5 Å². The van der Waals surface area contributed by atoms with Gasteiger partial charge < -0.3 is 23.7 Å². The molecule has 2 amide bonds. The van der Waals surface area contributed by atoms with E-state index in [1.807, 2.05) is 0 Å². The lowest BCUT2D eigenvalue weighted by Crippen LogP contribution is -2.37. The predicted octanol–water partition coefficient (Wildman–Crippen LogP) is 2.43. The van der Waals surface area contributed by atoms with E-state index >= 15 is 0 Å². The van der Waals surface area contributed by atoms with Crippen LogP contribution >= 0.6 is 0 Å². The molecular formula is C20H22N2O5. The standard InChI is InChI=1S/C20H22N2O5/c23-19(15-5-6-16-18(14-15)27-13-3-12-25-16)21-7-2-8-22(10-9-21)20(24)17-4-1-11-26-17/h1,4-6,11,14H,2-3,7-10,12-13H2. The van der Waals surface area contributed by atoms with Gasteiger partial charge in [-0.2, -0.15) is 0 Å². The molecule has 7 heteroatoms. The summed E-state index contributed by atoms with van der Waals surface area (Å²) in [4.78, 5) is 28.9. The second-order valence-electron chi connectivity index (χ2n) is 6.63. The number of carbonyl (C=O) groups excluding carboxylic acids is 2. The minimum Gasteiger partial charge on any atom is -0.490 e. The molecule has 1 aromatic heterocycles. The summed E-state index contributed by atoms with van der Waals surface area (Å²) in [7, 11) is 0. The van der Waals surface area contributed by atoms with Crippen LogP contribution in [-0.4, -0.2) is 61.0 Å². The molecule has 142 valence electrons. The van der Waals surface area contributed by atoms with Crippen molar-refractivity contribution >= 4 is 11.8 Å². The monoisotopic (exact) mass is 370 g/mol. The highest BCUT2D eigenvalue weighted by Crippen LogP contribution is 2.31. The molecule has 0 N–H and O–H groups in total. The van der Waals surface area contributed by atoms with Crippen LogP contribution in [0.5, 0.6) is 11.5 Å². The zero-order chi connectivity index (χ0) is 18.6. The van der Waals surface area contributed by atoms with Crippen LogP contribution in [0, 0.1) is 0 Å². The van der Waals surface area contributed by atoms with Gasteiger partial charge in [0, 0.05) is 38.2 Å². The van der Waals surface area contributed by atoms with Crippen LogP contribution < -0.4 is 9.47 Å². The lowest BCUT2D eigenvalue weighted by Gasteiger charge is -2.22. The largest absolute Gasteiger partial charge is 0.490 e. The second-order valence-corrected chi connectivity index (χ2v) is 6.63. The Labute approximate surface area is 157 Å². The highest BCUT2D eigenvalue weighted by molar-refractivity contribution is 5.95. The van der Waals surface area contributed by atoms with Crippen molar-refractivity contribution in [1.29, 1.82) is 0 Å². The van der Waals surface area contributed by atoms with Crippen LogP contribution in [0.4, 0.5) is 0 Å². The van der Waals surface area contributed by atoms with Crippen molar-refractivity contribution in [3.63, 3.8) is 0 Å². The first-order valence-corrected chi connectivity index (χ1v) is 9.24. The molecule has 0 atom stereocenters. The maximum Gasteiger partial charge on any atom is 0.289 e. The summed E-state index contributed by atoms with van der Waals surface area (Å²) in [6.45, 7) is 3.37. The van der Waals surface area contributed by atoms with Crippen LogP contribution in [-0.2, 0) is 0 Å². The van der Waals surface area contributed by atoms with Gasteiger partial charge in [0.15, 0.2) is 17.3 Å². The highest BCUT2D eigenvalue weighted by Gasteiger charge is 2.25. The Balaban J connectivity index is 1.44. The Morgan fingerprint density at radius 2 is 1.56 bits per heavy atom. The Bertz CT molecular complexity index is 818. The Morgan fingerprint density at radius 1 is 0.815 bits per heavy atom. The van der Waals surface area contributed by atoms with E-state index < -0.39 is 0 Å². The Hall–Kier alpha value is -2.96. The van der Waals surface area contributed by atoms with Gasteiger partial charge in [-0.15, -0.1) is 0 Å². The van der Waals surface area contributed by atoms with Crippen LogP contribution in [0.3, 0.4) is 0 Å². The maximum absolute atomic E-state index is 12.9. The van der Waals surface area contributed by atoms with Gasteiger partial charge in [0.05, 0.1) is 19.5 Å². The average molecular weight is 370 g/mol. The number of hydrogen-bond acceptors (Lipinski definition) is 5. The van der Waals surface area contributed by atoms with E-state index in [0.717, 1.165) is 12.8 Å². The van der Waals surface area contributed by atoms with Gasteiger partial charge in [0.1, 0.15) is 0 Å². The molecule has 2 aliphatic rings. The zero-order valence-electron chi connectivity index (χ0n) is 15.1. The third-order valence-electron chi connectivity index (χ3n) is 4.80. The molecule has 3 heterocycles. The van der Waals surface area contributed by atoms with Crippen LogP contribution in [0.2, 0.25) is 0 Å². The van der Waals surface area contributed by atoms with Crippen molar-refractivity contribution in [1.82, 2.24) is 9.80 Å². The topological polar surface area (TPSA) is 72.2 Å². The Morgan fingerprint density at radius 3 is 2.30 bits per heavy atom. The predicted molar refractivity (Wildman–Crippen MR) is 97.2 cm³/mol. The number of rotatable bonds is 2. The van der Waals surface area contributed by atoms with Crippen molar-refractivity contribution in [3.05, 3.63) is 47.9 Å². The molecule has 2 aliphatic heterocycles. The number of nitrogens with zero attached hydrogens (tertiary/aromatic N) is 2. The molecule has 0 unspecified atom stereocenters. The fourth-order valence-electron chi connectivity index (χ4n) is 3.36. The summed E-state index contributed by atoms with van der Waals surface area (Å²) < 4.78 is 16.5. The van der Waals surface area contributed by atoms with Crippen LogP contribution in [0.25, 0.3) is 0 Å². The van der Waals surface area contributed by atoms with Gasteiger partial charge in [-0.05, 0) is 36.8 Å². The summed E-state index contributed by atoms with van der Waals surface area (Å²) in [6.07, 6.45) is 3.04. The van der Waals surface area contributed by atoms with Gasteiger partial charge in [-0.3, -0.25) is 9.59 Å². The fraction of sp³-hybridized carbons (Fsp3) is 0.400. The second kappa shape index (κ2) is 7.73. The molecule has 1 aromatic carbocycles. The summed E-state index contributed by atoms with van der Waals surface area (Å²) in [5, 5.41) is 0. The van der Waals surface area contributed by atoms with Gasteiger partial charge in [0.2, 0.25) is 0 Å². The quantitative estimate of drug-likeness (QED) is 0.812. The van der Waals surface area contributed by atoms with E-state index in [1.165, 1.54) is 6.26 Å². The molecule has 1 saturated heterocycles. The minimum atomic E-state index is -0.134. The van der Waals surface area contributed by atoms with E-state index in [0.29, 0.717) is 62.2 Å². The number of amides is 2. The van der Waals surface area contributed by atoms with Gasteiger partial charge >= 0.3 is 0 Å². The summed E-state index contributed by atoms with van der Waals surface area (Å²) in [5.74, 6) is 1.43. The fourth-order valence-corrected chi connectivity index (χ4v) is 3.36. The van der Waals surface area contributed by atoms with Gasteiger partial charge in [0.25, 0.3) is 11.8 Å². The van der Waals surface area contributed by atoms with Crippen LogP contribution in [0.1, 0.15) is 33.8 Å². The summed E-state index contributed by atoms with van der Waals surface area (Å²) in [5.41, 5.74) is 0.574. The molecule has 7 nitrogen and oxygen atoms in total. The van der Waals surface area contributed by atoms with E-state index in [-0.39, 0.29) is 11.8 Å². The molecule has 1 fully saturated rings. The molecule has 4 rings (SSSR count). The molecule has 0 aliphatic carbocycles. The smallest absolute Gasteiger partial charge is 0.289 e. The average Bonchev–Trinajstić information content (AvgIpc) is 2.98. The highest BCUT2D eigenvalue weighted by atomic mass is 16.5. The van der Waals surface area contributed by atoms with Gasteiger partial charge in [-0.1, -0.05) is 0 Å². The van der Waals surface area contributed by atoms with Crippen molar-refractivity contribution in [2.24, 2.45) is 0 Å². The zero-order valence-corrected chi connectivity index (χ0v) is 15.1. The lowest BCUT2D eigenvalue weighted by atomic mass is 10.1. The third-order valence-corrected chi connectivity index (χ3v) is 4.80. The van der Waals surface area contributed by atoms with E-state index in [4.69, 9.17) is 13.9 Å². The van der Waals surface area contributed by atoms with Crippen molar-refractivity contribution in [2.45, 2.75) is 12.8 Å². The number of hydrogen-bond donors (Lipinski definition) is 0. The minimum absolute atomic E-state index is 0.0575. The summed E-state index contributed by atoms with van der Waals surface area (Å²) in [6, 6.07) is 8.67. The number of fused-ring (bicyclic) bond motifs is 1. The van der Waals surface area contributed by atoms with E-state index in [2.05, 4.69) is 0 Å². The molecular weight excluding hydrogens is 348 g/mol. The van der Waals surface area contributed by atoms with Crippen LogP contribution in [0.15, 0.2) is 41.0 Å². The number of ether oxygens (including phenoxy) is 2. The SMILES string of the molecule is O=C(c1ccc2c(c1)OCCCO2)N1CCCN(C(=O)c2ccco2)CC1. The van der Waals surface area contributed by atoms with Crippen molar-refractivity contribution in [3.8, 4) is 11.5 Å². The maximum atomic E-state index is 12.9. The Kier molecular flexibility index (Phi) is 5.00. The van der Waals surface area contributed by atoms with E-state index in [1.54, 1.807) is 40.1 Å². The summed E-state index contributed by atoms with van der Waals surface area (Å²) >= 11 is 0. The first kappa shape index (κ1) is 17.5. The first-order valence-electron chi connectivity index (χ1n) is 9.24. The number of benzene rings is 1. The van der Waals surface area contributed by atoms with E-state index in [9.17, 15) is 9.59 Å².